The fourth-order valence-corrected chi connectivity index (χ4v) is 3.29. The van der Waals surface area contributed by atoms with Crippen LogP contribution in [-0.4, -0.2) is 23.4 Å². The third kappa shape index (κ3) is 2.35. The first-order valence-corrected chi connectivity index (χ1v) is 6.62. The first kappa shape index (κ1) is 11.0. The minimum atomic E-state index is 0.411. The lowest BCUT2D eigenvalue weighted by molar-refractivity contribution is -0.137. The van der Waals surface area contributed by atoms with Gasteiger partial charge in [-0.25, -0.2) is 0 Å². The zero-order chi connectivity index (χ0) is 10.7. The van der Waals surface area contributed by atoms with Crippen LogP contribution < -0.4 is 0 Å². The number of hydrogen-bond acceptors (Lipinski definition) is 1. The topological polar surface area (TPSA) is 20.3 Å². The van der Waals surface area contributed by atoms with Gasteiger partial charge in [0.2, 0.25) is 5.91 Å². The number of nitrogens with zero attached hydrogens (tertiary/aromatic N) is 1. The van der Waals surface area contributed by atoms with Crippen molar-refractivity contribution in [3.63, 3.8) is 0 Å². The van der Waals surface area contributed by atoms with Crippen LogP contribution in [0, 0.1) is 5.92 Å². The van der Waals surface area contributed by atoms with Gasteiger partial charge < -0.3 is 4.90 Å². The summed E-state index contributed by atoms with van der Waals surface area (Å²) in [5.41, 5.74) is 0. The monoisotopic (exact) mass is 209 g/mol. The number of likely N-dealkylation sites (tertiary alicyclic amines) is 1. The maximum absolute atomic E-state index is 12.0. The van der Waals surface area contributed by atoms with E-state index in [0.717, 1.165) is 25.3 Å². The molecule has 0 aromatic heterocycles. The molecule has 0 N–H and O–H groups in total. The summed E-state index contributed by atoms with van der Waals surface area (Å²) in [5, 5.41) is 0. The largest absolute Gasteiger partial charge is 0.339 e. The fraction of sp³-hybridized carbons (Fsp3) is 0.923. The molecule has 2 nitrogen and oxygen atoms in total. The zero-order valence-corrected chi connectivity index (χ0v) is 9.87. The van der Waals surface area contributed by atoms with Gasteiger partial charge in [-0.2, -0.15) is 0 Å². The molecule has 2 heteroatoms. The smallest absolute Gasteiger partial charge is 0.222 e. The lowest BCUT2D eigenvalue weighted by Crippen LogP contribution is -2.49. The van der Waals surface area contributed by atoms with Crippen molar-refractivity contribution in [2.24, 2.45) is 5.92 Å². The minimum Gasteiger partial charge on any atom is -0.339 e. The zero-order valence-electron chi connectivity index (χ0n) is 9.87. The van der Waals surface area contributed by atoms with Crippen LogP contribution in [0.5, 0.6) is 0 Å². The number of rotatable bonds is 2. The fourth-order valence-electron chi connectivity index (χ4n) is 3.29. The second-order valence-electron chi connectivity index (χ2n) is 5.09. The summed E-state index contributed by atoms with van der Waals surface area (Å²) in [4.78, 5) is 14.2. The van der Waals surface area contributed by atoms with Gasteiger partial charge in [-0.3, -0.25) is 4.79 Å². The van der Waals surface area contributed by atoms with E-state index in [9.17, 15) is 4.79 Å². The van der Waals surface area contributed by atoms with E-state index in [1.165, 1.54) is 38.5 Å². The highest BCUT2D eigenvalue weighted by atomic mass is 16.2. The maximum Gasteiger partial charge on any atom is 0.222 e. The van der Waals surface area contributed by atoms with E-state index in [2.05, 4.69) is 11.8 Å². The van der Waals surface area contributed by atoms with E-state index in [1.54, 1.807) is 0 Å². The Morgan fingerprint density at radius 3 is 2.73 bits per heavy atom. The van der Waals surface area contributed by atoms with Crippen molar-refractivity contribution in [1.29, 1.82) is 0 Å². The van der Waals surface area contributed by atoms with E-state index < -0.39 is 0 Å². The molecule has 1 saturated heterocycles. The number of piperidine rings is 1. The molecule has 0 spiro atoms. The average Bonchev–Trinajstić information content (AvgIpc) is 2.28. The van der Waals surface area contributed by atoms with Gasteiger partial charge in [0.25, 0.3) is 0 Å². The van der Waals surface area contributed by atoms with Crippen LogP contribution in [0.1, 0.15) is 58.3 Å². The minimum absolute atomic E-state index is 0.411. The molecule has 0 radical (unpaired) electrons. The SMILES string of the molecule is CCCC(=O)N1CCC[C@H]2CCCC[C@H]21. The molecule has 1 saturated carbocycles. The summed E-state index contributed by atoms with van der Waals surface area (Å²) < 4.78 is 0. The molecule has 1 aliphatic carbocycles. The second-order valence-corrected chi connectivity index (χ2v) is 5.09. The van der Waals surface area contributed by atoms with Crippen LogP contribution in [0.25, 0.3) is 0 Å². The normalized spacial score (nSPS) is 31.1. The van der Waals surface area contributed by atoms with Gasteiger partial charge in [0.15, 0.2) is 0 Å². The molecule has 0 bridgehead atoms. The van der Waals surface area contributed by atoms with Gasteiger partial charge in [0, 0.05) is 19.0 Å². The van der Waals surface area contributed by atoms with Crippen molar-refractivity contribution in [1.82, 2.24) is 4.90 Å². The molecule has 2 aliphatic rings. The van der Waals surface area contributed by atoms with Gasteiger partial charge in [0.05, 0.1) is 0 Å². The van der Waals surface area contributed by atoms with Crippen LogP contribution in [0.2, 0.25) is 0 Å². The third-order valence-electron chi connectivity index (χ3n) is 4.03. The molecule has 0 aromatic rings. The van der Waals surface area contributed by atoms with Crippen LogP contribution >= 0.6 is 0 Å². The number of carbonyl (C=O) groups is 1. The summed E-state index contributed by atoms with van der Waals surface area (Å²) >= 11 is 0. The highest BCUT2D eigenvalue weighted by Gasteiger charge is 2.34. The van der Waals surface area contributed by atoms with Gasteiger partial charge in [0.1, 0.15) is 0 Å². The molecule has 2 atom stereocenters. The molecule has 1 amide bonds. The Hall–Kier alpha value is -0.530. The number of amides is 1. The highest BCUT2D eigenvalue weighted by Crippen LogP contribution is 2.35. The summed E-state index contributed by atoms with van der Waals surface area (Å²) in [6, 6.07) is 0.603. The predicted octanol–water partition coefficient (Wildman–Crippen LogP) is 2.97. The van der Waals surface area contributed by atoms with Crippen molar-refractivity contribution in [2.75, 3.05) is 6.54 Å². The van der Waals surface area contributed by atoms with Crippen LogP contribution in [0.3, 0.4) is 0 Å². The van der Waals surface area contributed by atoms with Crippen molar-refractivity contribution >= 4 is 5.91 Å². The van der Waals surface area contributed by atoms with Crippen molar-refractivity contribution in [3.8, 4) is 0 Å². The highest BCUT2D eigenvalue weighted by molar-refractivity contribution is 5.76. The molecular formula is C13H23NO. The second kappa shape index (κ2) is 5.00. The molecule has 0 aromatic carbocycles. The molecular weight excluding hydrogens is 186 g/mol. The lowest BCUT2D eigenvalue weighted by atomic mass is 9.78. The summed E-state index contributed by atoms with van der Waals surface area (Å²) in [6.07, 6.45) is 9.68. The molecule has 86 valence electrons. The number of fused-ring (bicyclic) bond motifs is 1. The summed E-state index contributed by atoms with van der Waals surface area (Å²) in [6.45, 7) is 3.13. The van der Waals surface area contributed by atoms with Gasteiger partial charge in [-0.15, -0.1) is 0 Å². The van der Waals surface area contributed by atoms with Crippen LogP contribution in [0.4, 0.5) is 0 Å². The Balaban J connectivity index is 2.00. The molecule has 0 unspecified atom stereocenters. The molecule has 15 heavy (non-hydrogen) atoms. The van der Waals surface area contributed by atoms with E-state index >= 15 is 0 Å². The Morgan fingerprint density at radius 2 is 1.93 bits per heavy atom. The van der Waals surface area contributed by atoms with E-state index in [0.29, 0.717) is 11.9 Å². The maximum atomic E-state index is 12.0. The third-order valence-corrected chi connectivity index (χ3v) is 4.03. The Bertz CT molecular complexity index is 225. The van der Waals surface area contributed by atoms with Crippen molar-refractivity contribution in [3.05, 3.63) is 0 Å². The van der Waals surface area contributed by atoms with Gasteiger partial charge >= 0.3 is 0 Å². The molecule has 1 heterocycles. The number of carbonyl (C=O) groups excluding carboxylic acids is 1. The first-order valence-electron chi connectivity index (χ1n) is 6.62. The average molecular weight is 209 g/mol. The van der Waals surface area contributed by atoms with E-state index in [-0.39, 0.29) is 0 Å². The molecule has 2 fully saturated rings. The van der Waals surface area contributed by atoms with Crippen LogP contribution in [0.15, 0.2) is 0 Å². The Kier molecular flexibility index (Phi) is 3.66. The Morgan fingerprint density at radius 1 is 1.20 bits per heavy atom. The van der Waals surface area contributed by atoms with Crippen molar-refractivity contribution in [2.45, 2.75) is 64.3 Å². The Labute approximate surface area is 93.0 Å². The van der Waals surface area contributed by atoms with Crippen molar-refractivity contribution < 1.29 is 4.79 Å². The molecule has 2 rings (SSSR count). The van der Waals surface area contributed by atoms with Gasteiger partial charge in [-0.05, 0) is 38.0 Å². The predicted molar refractivity (Wildman–Crippen MR) is 61.6 cm³/mol. The lowest BCUT2D eigenvalue weighted by Gasteiger charge is -2.44. The van der Waals surface area contributed by atoms with Crippen LogP contribution in [-0.2, 0) is 4.79 Å². The van der Waals surface area contributed by atoms with E-state index in [1.807, 2.05) is 0 Å². The summed E-state index contributed by atoms with van der Waals surface area (Å²) in [5.74, 6) is 1.24. The van der Waals surface area contributed by atoms with Gasteiger partial charge in [-0.1, -0.05) is 19.8 Å². The first-order chi connectivity index (χ1) is 7.33. The molecule has 1 aliphatic heterocycles. The number of hydrogen-bond donors (Lipinski definition) is 0. The summed E-state index contributed by atoms with van der Waals surface area (Å²) in [7, 11) is 0. The van der Waals surface area contributed by atoms with E-state index in [4.69, 9.17) is 0 Å². The quantitative estimate of drug-likeness (QED) is 0.684. The standard InChI is InChI=1S/C13H23NO/c1-2-6-13(15)14-10-5-8-11-7-3-4-9-12(11)14/h11-12H,2-10H2,1H3/t11-,12-/m1/s1.